The van der Waals surface area contributed by atoms with E-state index in [2.05, 4.69) is 37.8 Å². The van der Waals surface area contributed by atoms with Gasteiger partial charge >= 0.3 is 0 Å². The summed E-state index contributed by atoms with van der Waals surface area (Å²) in [6, 6.07) is 19.3. The molecule has 0 radical (unpaired) electrons. The molecular formula is C27H26BrClFN3O. The van der Waals surface area contributed by atoms with Crippen LogP contribution in [-0.4, -0.2) is 41.4 Å². The van der Waals surface area contributed by atoms with Crippen LogP contribution < -0.4 is 5.32 Å². The molecule has 1 fully saturated rings. The van der Waals surface area contributed by atoms with Crippen LogP contribution in [0.15, 0.2) is 71.3 Å². The quantitative estimate of drug-likeness (QED) is 0.350. The van der Waals surface area contributed by atoms with Crippen LogP contribution in [0.4, 0.5) is 4.39 Å². The number of piperazine rings is 1. The number of pyridine rings is 1. The molecular weight excluding hydrogens is 517 g/mol. The number of rotatable bonds is 4. The molecule has 1 N–H and O–H groups in total. The SMILES string of the molecule is Cc1c(F)cccc1Cc1c(C(=O)N2CCNCC2)c2cc(Br)ccn2c1-c1ccccc1.Cl. The monoisotopic (exact) mass is 541 g/mol. The first-order valence-corrected chi connectivity index (χ1v) is 12.0. The Hall–Kier alpha value is -2.67. The lowest BCUT2D eigenvalue weighted by molar-refractivity contribution is 0.0737. The molecule has 0 aliphatic carbocycles. The molecule has 0 spiro atoms. The van der Waals surface area contributed by atoms with Gasteiger partial charge in [0.25, 0.3) is 5.91 Å². The van der Waals surface area contributed by atoms with Crippen molar-refractivity contribution in [2.75, 3.05) is 26.2 Å². The van der Waals surface area contributed by atoms with Gasteiger partial charge < -0.3 is 14.6 Å². The van der Waals surface area contributed by atoms with Gasteiger partial charge in [-0.15, -0.1) is 12.4 Å². The van der Waals surface area contributed by atoms with Crippen molar-refractivity contribution in [1.82, 2.24) is 14.6 Å². The van der Waals surface area contributed by atoms with Gasteiger partial charge in [0.15, 0.2) is 0 Å². The molecule has 2 aromatic carbocycles. The molecule has 1 aliphatic rings. The summed E-state index contributed by atoms with van der Waals surface area (Å²) in [5.41, 5.74) is 5.98. The van der Waals surface area contributed by atoms with E-state index in [9.17, 15) is 9.18 Å². The lowest BCUT2D eigenvalue weighted by atomic mass is 9.94. The molecule has 4 aromatic rings. The van der Waals surface area contributed by atoms with Gasteiger partial charge in [0, 0.05) is 43.3 Å². The van der Waals surface area contributed by atoms with Crippen molar-refractivity contribution in [3.8, 4) is 11.3 Å². The number of halogens is 3. The van der Waals surface area contributed by atoms with E-state index in [1.165, 1.54) is 6.07 Å². The van der Waals surface area contributed by atoms with Crippen molar-refractivity contribution >= 4 is 39.8 Å². The van der Waals surface area contributed by atoms with Gasteiger partial charge in [0.2, 0.25) is 0 Å². The fourth-order valence-corrected chi connectivity index (χ4v) is 5.00. The molecule has 4 nitrogen and oxygen atoms in total. The third-order valence-electron chi connectivity index (χ3n) is 6.41. The lowest BCUT2D eigenvalue weighted by Gasteiger charge is -2.28. The summed E-state index contributed by atoms with van der Waals surface area (Å²) in [4.78, 5) is 15.8. The highest BCUT2D eigenvalue weighted by Gasteiger charge is 2.28. The van der Waals surface area contributed by atoms with Crippen LogP contribution in [0.25, 0.3) is 16.8 Å². The second kappa shape index (κ2) is 10.3. The maximum atomic E-state index is 14.4. The number of hydrogen-bond acceptors (Lipinski definition) is 2. The van der Waals surface area contributed by atoms with E-state index >= 15 is 0 Å². The van der Waals surface area contributed by atoms with Crippen molar-refractivity contribution in [2.45, 2.75) is 13.3 Å². The van der Waals surface area contributed by atoms with E-state index < -0.39 is 0 Å². The highest BCUT2D eigenvalue weighted by atomic mass is 79.9. The summed E-state index contributed by atoms with van der Waals surface area (Å²) >= 11 is 3.59. The minimum atomic E-state index is -0.227. The standard InChI is InChI=1S/C27H25BrFN3O.ClH/c1-18-20(8-5-9-23(18)29)16-22-25(27(33)31-14-11-30-12-15-31)24-17-21(28)10-13-32(24)26(22)19-6-3-2-4-7-19;/h2-10,13,17,30H,11-12,14-16H2,1H3;1H. The number of aromatic nitrogens is 1. The Morgan fingerprint density at radius 1 is 1.06 bits per heavy atom. The Labute approximate surface area is 213 Å². The largest absolute Gasteiger partial charge is 0.336 e. The molecule has 0 bridgehead atoms. The van der Waals surface area contributed by atoms with Crippen LogP contribution in [0.2, 0.25) is 0 Å². The molecule has 34 heavy (non-hydrogen) atoms. The van der Waals surface area contributed by atoms with Gasteiger partial charge in [-0.1, -0.05) is 58.4 Å². The molecule has 0 saturated carbocycles. The summed E-state index contributed by atoms with van der Waals surface area (Å²) in [7, 11) is 0. The van der Waals surface area contributed by atoms with Crippen LogP contribution in [0.3, 0.4) is 0 Å². The Kier molecular flexibility index (Phi) is 7.41. The first-order valence-electron chi connectivity index (χ1n) is 11.2. The van der Waals surface area contributed by atoms with Crippen LogP contribution in [0, 0.1) is 12.7 Å². The van der Waals surface area contributed by atoms with Crippen LogP contribution >= 0.6 is 28.3 Å². The van der Waals surface area contributed by atoms with Gasteiger partial charge in [-0.05, 0) is 47.4 Å². The van der Waals surface area contributed by atoms with Crippen molar-refractivity contribution in [3.05, 3.63) is 99.4 Å². The number of carbonyl (C=O) groups excluding carboxylic acids is 1. The van der Waals surface area contributed by atoms with E-state index in [1.807, 2.05) is 47.5 Å². The molecule has 1 amide bonds. The average Bonchev–Trinajstić information content (AvgIpc) is 3.15. The van der Waals surface area contributed by atoms with E-state index in [4.69, 9.17) is 0 Å². The number of hydrogen-bond donors (Lipinski definition) is 1. The molecule has 5 rings (SSSR count). The smallest absolute Gasteiger partial charge is 0.256 e. The third kappa shape index (κ3) is 4.50. The third-order valence-corrected chi connectivity index (χ3v) is 6.91. The van der Waals surface area contributed by atoms with Gasteiger partial charge in [-0.3, -0.25) is 4.79 Å². The predicted molar refractivity (Wildman–Crippen MR) is 140 cm³/mol. The first-order chi connectivity index (χ1) is 16.0. The fourth-order valence-electron chi connectivity index (χ4n) is 4.66. The summed E-state index contributed by atoms with van der Waals surface area (Å²) < 4.78 is 17.4. The summed E-state index contributed by atoms with van der Waals surface area (Å²) in [5, 5.41) is 3.32. The Morgan fingerprint density at radius 2 is 1.79 bits per heavy atom. The minimum absolute atomic E-state index is 0. The molecule has 0 atom stereocenters. The summed E-state index contributed by atoms with van der Waals surface area (Å²) in [6.45, 7) is 4.71. The highest BCUT2D eigenvalue weighted by Crippen LogP contribution is 2.36. The zero-order valence-electron chi connectivity index (χ0n) is 18.9. The number of benzene rings is 2. The average molecular weight is 543 g/mol. The maximum Gasteiger partial charge on any atom is 0.256 e. The second-order valence-corrected chi connectivity index (χ2v) is 9.33. The van der Waals surface area contributed by atoms with Crippen molar-refractivity contribution in [2.24, 2.45) is 0 Å². The molecule has 1 saturated heterocycles. The summed E-state index contributed by atoms with van der Waals surface area (Å²) in [5.74, 6) is -0.200. The normalized spacial score (nSPS) is 13.7. The Bertz CT molecular complexity index is 1330. The van der Waals surface area contributed by atoms with E-state index in [0.717, 1.165) is 45.5 Å². The molecule has 0 unspecified atom stereocenters. The predicted octanol–water partition coefficient (Wildman–Crippen LogP) is 5.87. The molecule has 176 valence electrons. The number of nitrogens with zero attached hydrogens (tertiary/aromatic N) is 2. The van der Waals surface area contributed by atoms with E-state index in [1.54, 1.807) is 13.0 Å². The van der Waals surface area contributed by atoms with Crippen LogP contribution in [-0.2, 0) is 6.42 Å². The fraction of sp³-hybridized carbons (Fsp3) is 0.222. The van der Waals surface area contributed by atoms with Gasteiger partial charge in [-0.25, -0.2) is 4.39 Å². The maximum absolute atomic E-state index is 14.4. The number of nitrogens with one attached hydrogen (secondary N) is 1. The van der Waals surface area contributed by atoms with Crippen molar-refractivity contribution in [1.29, 1.82) is 0 Å². The number of carbonyl (C=O) groups is 1. The van der Waals surface area contributed by atoms with Gasteiger partial charge in [0.1, 0.15) is 5.82 Å². The Morgan fingerprint density at radius 3 is 2.53 bits per heavy atom. The molecule has 1 aliphatic heterocycles. The molecule has 2 aromatic heterocycles. The van der Waals surface area contributed by atoms with E-state index in [-0.39, 0.29) is 24.1 Å². The first kappa shape index (κ1) is 24.5. The number of fused-ring (bicyclic) bond motifs is 1. The van der Waals surface area contributed by atoms with Crippen molar-refractivity contribution in [3.63, 3.8) is 0 Å². The second-order valence-electron chi connectivity index (χ2n) is 8.41. The van der Waals surface area contributed by atoms with Gasteiger partial charge in [0.05, 0.1) is 16.8 Å². The van der Waals surface area contributed by atoms with Gasteiger partial charge in [-0.2, -0.15) is 0 Å². The lowest BCUT2D eigenvalue weighted by Crippen LogP contribution is -2.46. The van der Waals surface area contributed by atoms with Crippen molar-refractivity contribution < 1.29 is 9.18 Å². The molecule has 7 heteroatoms. The highest BCUT2D eigenvalue weighted by molar-refractivity contribution is 9.10. The minimum Gasteiger partial charge on any atom is -0.336 e. The number of amides is 1. The molecule has 3 heterocycles. The van der Waals surface area contributed by atoms with Crippen LogP contribution in [0.1, 0.15) is 27.0 Å². The zero-order valence-corrected chi connectivity index (χ0v) is 21.3. The Balaban J connectivity index is 0.00000274. The van der Waals surface area contributed by atoms with E-state index in [0.29, 0.717) is 30.6 Å². The topological polar surface area (TPSA) is 36.8 Å². The zero-order chi connectivity index (χ0) is 22.9. The summed E-state index contributed by atoms with van der Waals surface area (Å²) in [6.07, 6.45) is 2.47. The van der Waals surface area contributed by atoms with Crippen LogP contribution in [0.5, 0.6) is 0 Å².